The van der Waals surface area contributed by atoms with E-state index in [0.717, 1.165) is 59.1 Å². The molecule has 6 nitrogen and oxygen atoms in total. The molecule has 1 spiro atoms. The first-order valence-corrected chi connectivity index (χ1v) is 11.3. The van der Waals surface area contributed by atoms with Gasteiger partial charge >= 0.3 is 0 Å². The SMILES string of the molecule is CC1CCC12CN(c1cc3nc(Nc4cnn(C5(C)CC5)c4Cl)ncc3cc1Cl)C2. The summed E-state index contributed by atoms with van der Waals surface area (Å²) in [5.41, 5.74) is 3.20. The molecule has 1 saturated heterocycles. The van der Waals surface area contributed by atoms with Crippen LogP contribution in [-0.4, -0.2) is 32.8 Å². The number of rotatable bonds is 4. The second kappa shape index (κ2) is 6.24. The lowest BCUT2D eigenvalue weighted by atomic mass is 9.56. The molecule has 1 N–H and O–H groups in total. The molecule has 1 aromatic carbocycles. The van der Waals surface area contributed by atoms with E-state index in [1.165, 1.54) is 12.8 Å². The minimum absolute atomic E-state index is 0.0411. The van der Waals surface area contributed by atoms with Gasteiger partial charge < -0.3 is 10.2 Å². The molecule has 0 bridgehead atoms. The number of benzene rings is 1. The largest absolute Gasteiger partial charge is 0.369 e. The number of halogens is 2. The van der Waals surface area contributed by atoms with Gasteiger partial charge in [0.05, 0.1) is 33.6 Å². The molecule has 1 unspecified atom stereocenters. The molecule has 30 heavy (non-hydrogen) atoms. The Bertz CT molecular complexity index is 1160. The molecule has 1 atom stereocenters. The summed E-state index contributed by atoms with van der Waals surface area (Å²) in [5, 5.41) is 9.96. The smallest absolute Gasteiger partial charge is 0.227 e. The zero-order chi connectivity index (χ0) is 20.7. The highest BCUT2D eigenvalue weighted by atomic mass is 35.5. The van der Waals surface area contributed by atoms with E-state index in [1.807, 2.05) is 10.7 Å². The Morgan fingerprint density at radius 2 is 1.93 bits per heavy atom. The van der Waals surface area contributed by atoms with Crippen molar-refractivity contribution in [2.75, 3.05) is 23.3 Å². The molecular formula is C22H24Cl2N6. The molecule has 0 radical (unpaired) electrons. The number of hydrogen-bond acceptors (Lipinski definition) is 5. The van der Waals surface area contributed by atoms with Gasteiger partial charge in [-0.15, -0.1) is 0 Å². The fourth-order valence-corrected chi connectivity index (χ4v) is 5.48. The molecule has 2 saturated carbocycles. The molecule has 3 aromatic rings. The minimum Gasteiger partial charge on any atom is -0.369 e. The van der Waals surface area contributed by atoms with Crippen LogP contribution in [0.4, 0.5) is 17.3 Å². The zero-order valence-corrected chi connectivity index (χ0v) is 18.6. The van der Waals surface area contributed by atoms with Crippen molar-refractivity contribution < 1.29 is 0 Å². The molecular weight excluding hydrogens is 419 g/mol. The summed E-state index contributed by atoms with van der Waals surface area (Å²) in [7, 11) is 0. The Morgan fingerprint density at radius 1 is 1.13 bits per heavy atom. The molecule has 3 fully saturated rings. The second-order valence-electron chi connectivity index (χ2n) is 9.60. The van der Waals surface area contributed by atoms with E-state index in [4.69, 9.17) is 28.2 Å². The molecule has 3 aliphatic rings. The van der Waals surface area contributed by atoms with Gasteiger partial charge in [0.1, 0.15) is 0 Å². The summed E-state index contributed by atoms with van der Waals surface area (Å²) in [5.74, 6) is 1.32. The van der Waals surface area contributed by atoms with Crippen LogP contribution in [-0.2, 0) is 5.54 Å². The van der Waals surface area contributed by atoms with Gasteiger partial charge in [-0.05, 0) is 50.7 Å². The van der Waals surface area contributed by atoms with Crippen LogP contribution >= 0.6 is 23.2 Å². The van der Waals surface area contributed by atoms with Gasteiger partial charge in [-0.1, -0.05) is 30.1 Å². The van der Waals surface area contributed by atoms with Crippen molar-refractivity contribution in [1.82, 2.24) is 19.7 Å². The summed E-state index contributed by atoms with van der Waals surface area (Å²) in [4.78, 5) is 11.5. The van der Waals surface area contributed by atoms with Gasteiger partial charge in [-0.3, -0.25) is 0 Å². The van der Waals surface area contributed by atoms with Gasteiger partial charge in [0.15, 0.2) is 5.15 Å². The Labute approximate surface area is 185 Å². The van der Waals surface area contributed by atoms with Crippen molar-refractivity contribution in [3.8, 4) is 0 Å². The molecule has 2 aromatic heterocycles. The van der Waals surface area contributed by atoms with Crippen LogP contribution in [0.3, 0.4) is 0 Å². The van der Waals surface area contributed by atoms with E-state index in [2.05, 4.69) is 40.2 Å². The van der Waals surface area contributed by atoms with Crippen molar-refractivity contribution in [3.63, 3.8) is 0 Å². The third-order valence-corrected chi connectivity index (χ3v) is 8.23. The van der Waals surface area contributed by atoms with Crippen LogP contribution in [0, 0.1) is 11.3 Å². The molecule has 0 amide bonds. The molecule has 1 aliphatic heterocycles. The highest BCUT2D eigenvalue weighted by Gasteiger charge is 2.52. The van der Waals surface area contributed by atoms with Crippen molar-refractivity contribution in [2.24, 2.45) is 11.3 Å². The number of nitrogens with one attached hydrogen (secondary N) is 1. The summed E-state index contributed by atoms with van der Waals surface area (Å²) in [6.45, 7) is 6.70. The second-order valence-corrected chi connectivity index (χ2v) is 10.4. The van der Waals surface area contributed by atoms with E-state index in [9.17, 15) is 0 Å². The highest BCUT2D eigenvalue weighted by Crippen LogP contribution is 2.54. The van der Waals surface area contributed by atoms with E-state index < -0.39 is 0 Å². The number of aromatic nitrogens is 4. The van der Waals surface area contributed by atoms with Crippen molar-refractivity contribution >= 4 is 51.4 Å². The maximum absolute atomic E-state index is 6.60. The predicted molar refractivity (Wildman–Crippen MR) is 121 cm³/mol. The first-order valence-electron chi connectivity index (χ1n) is 10.6. The third kappa shape index (κ3) is 2.73. The first kappa shape index (κ1) is 18.7. The monoisotopic (exact) mass is 442 g/mol. The maximum Gasteiger partial charge on any atom is 0.227 e. The average molecular weight is 443 g/mol. The van der Waals surface area contributed by atoms with Crippen LogP contribution in [0.15, 0.2) is 24.5 Å². The van der Waals surface area contributed by atoms with Gasteiger partial charge in [-0.25, -0.2) is 14.6 Å². The Hall–Kier alpha value is -2.05. The standard InChI is InChI=1S/C22H24Cl2N6/c1-13-3-4-22(13)11-29(12-22)18-8-16-14(7-15(18)23)9-25-20(27-16)28-17-10-26-30(19(17)24)21(2)5-6-21/h7-10,13H,3-6,11-12H2,1-2H3,(H,25,27,28). The molecule has 2 aliphatic carbocycles. The zero-order valence-electron chi connectivity index (χ0n) is 17.1. The van der Waals surface area contributed by atoms with Crippen molar-refractivity contribution in [2.45, 2.75) is 45.1 Å². The van der Waals surface area contributed by atoms with Crippen molar-refractivity contribution in [3.05, 3.63) is 34.7 Å². The molecule has 6 rings (SSSR count). The first-order chi connectivity index (χ1) is 14.4. The van der Waals surface area contributed by atoms with E-state index in [-0.39, 0.29) is 5.54 Å². The summed E-state index contributed by atoms with van der Waals surface area (Å²) < 4.78 is 1.89. The molecule has 156 valence electrons. The van der Waals surface area contributed by atoms with Crippen molar-refractivity contribution in [1.29, 1.82) is 0 Å². The number of anilines is 3. The van der Waals surface area contributed by atoms with E-state index >= 15 is 0 Å². The van der Waals surface area contributed by atoms with E-state index in [1.54, 1.807) is 12.4 Å². The van der Waals surface area contributed by atoms with E-state index in [0.29, 0.717) is 16.5 Å². The summed E-state index contributed by atoms with van der Waals surface area (Å²) in [6.07, 6.45) is 8.42. The lowest BCUT2D eigenvalue weighted by Gasteiger charge is -2.61. The topological polar surface area (TPSA) is 58.9 Å². The Morgan fingerprint density at radius 3 is 2.60 bits per heavy atom. The maximum atomic E-state index is 6.60. The lowest BCUT2D eigenvalue weighted by molar-refractivity contribution is 0.0120. The molecule has 3 heterocycles. The third-order valence-electron chi connectivity index (χ3n) is 7.56. The normalized spacial score (nSPS) is 23.3. The summed E-state index contributed by atoms with van der Waals surface area (Å²) in [6, 6.07) is 4.04. The fourth-order valence-electron chi connectivity index (χ4n) is 4.84. The van der Waals surface area contributed by atoms with Gasteiger partial charge in [0.2, 0.25) is 5.95 Å². The van der Waals surface area contributed by atoms with Crippen LogP contribution in [0.1, 0.15) is 39.5 Å². The average Bonchev–Trinajstić information content (AvgIpc) is 3.32. The van der Waals surface area contributed by atoms with Crippen LogP contribution in [0.5, 0.6) is 0 Å². The minimum atomic E-state index is 0.0411. The predicted octanol–water partition coefficient (Wildman–Crippen LogP) is 5.62. The number of fused-ring (bicyclic) bond motifs is 1. The van der Waals surface area contributed by atoms with Crippen LogP contribution in [0.2, 0.25) is 10.2 Å². The van der Waals surface area contributed by atoms with Gasteiger partial charge in [0, 0.05) is 30.1 Å². The fraction of sp³-hybridized carbons (Fsp3) is 0.500. The van der Waals surface area contributed by atoms with Gasteiger partial charge in [-0.2, -0.15) is 5.10 Å². The Kier molecular flexibility index (Phi) is 3.89. The lowest BCUT2D eigenvalue weighted by Crippen LogP contribution is -2.63. The highest BCUT2D eigenvalue weighted by molar-refractivity contribution is 6.34. The number of hydrogen-bond donors (Lipinski definition) is 1. The van der Waals surface area contributed by atoms with Gasteiger partial charge in [0.25, 0.3) is 0 Å². The summed E-state index contributed by atoms with van der Waals surface area (Å²) >= 11 is 13.1. The molecule has 8 heteroatoms. The Balaban J connectivity index is 1.28. The van der Waals surface area contributed by atoms with Crippen LogP contribution < -0.4 is 10.2 Å². The van der Waals surface area contributed by atoms with Crippen LogP contribution in [0.25, 0.3) is 10.9 Å². The number of nitrogens with zero attached hydrogens (tertiary/aromatic N) is 5. The quantitative estimate of drug-likeness (QED) is 0.567.